The second kappa shape index (κ2) is 6.08. The zero-order valence-electron chi connectivity index (χ0n) is 11.3. The molecular formula is C16H19ClN2O. The fraction of sp³-hybridized carbons (Fsp3) is 0.438. The number of benzene rings is 1. The Kier molecular flexibility index (Phi) is 4.20. The van der Waals surface area contributed by atoms with Crippen molar-refractivity contribution in [1.82, 2.24) is 10.3 Å². The van der Waals surface area contributed by atoms with Crippen LogP contribution in [0.4, 0.5) is 0 Å². The molecule has 1 heterocycles. The molecule has 1 aromatic heterocycles. The van der Waals surface area contributed by atoms with Crippen molar-refractivity contribution in [2.45, 2.75) is 31.8 Å². The molecule has 2 N–H and O–H groups in total. The molecule has 1 fully saturated rings. The molecule has 0 aliphatic heterocycles. The van der Waals surface area contributed by atoms with Gasteiger partial charge < -0.3 is 10.4 Å². The first-order valence-corrected chi connectivity index (χ1v) is 7.53. The maximum Gasteiger partial charge on any atom is 0.0761 e. The molecule has 1 aromatic carbocycles. The number of hydrogen-bond donors (Lipinski definition) is 2. The Labute approximate surface area is 124 Å². The minimum atomic E-state index is 0.275. The third-order valence-electron chi connectivity index (χ3n) is 4.25. The van der Waals surface area contributed by atoms with Crippen LogP contribution in [0.25, 0.3) is 10.9 Å². The van der Waals surface area contributed by atoms with E-state index in [1.165, 1.54) is 6.42 Å². The molecule has 2 aromatic rings. The topological polar surface area (TPSA) is 45.1 Å². The van der Waals surface area contributed by atoms with Gasteiger partial charge in [0.05, 0.1) is 5.52 Å². The SMILES string of the molecule is OCC1CCCC1NCc1ccc(Cl)c2cccnc12. The van der Waals surface area contributed by atoms with Crippen LogP contribution in [0.3, 0.4) is 0 Å². The first-order chi connectivity index (χ1) is 9.79. The fourth-order valence-electron chi connectivity index (χ4n) is 3.10. The first-order valence-electron chi connectivity index (χ1n) is 7.16. The summed E-state index contributed by atoms with van der Waals surface area (Å²) < 4.78 is 0. The first kappa shape index (κ1) is 13.8. The summed E-state index contributed by atoms with van der Waals surface area (Å²) in [4.78, 5) is 4.45. The standard InChI is InChI=1S/C16H19ClN2O/c17-14-7-6-11(16-13(14)4-2-8-18-16)9-19-15-5-1-3-12(15)10-20/h2,4,6-8,12,15,19-20H,1,3,5,9-10H2. The maximum absolute atomic E-state index is 9.37. The van der Waals surface area contributed by atoms with Crippen LogP contribution in [-0.4, -0.2) is 22.7 Å². The van der Waals surface area contributed by atoms with Crippen molar-refractivity contribution in [3.63, 3.8) is 0 Å². The average Bonchev–Trinajstić information content (AvgIpc) is 2.94. The summed E-state index contributed by atoms with van der Waals surface area (Å²) in [6.45, 7) is 1.04. The van der Waals surface area contributed by atoms with Crippen molar-refractivity contribution in [3.05, 3.63) is 41.0 Å². The van der Waals surface area contributed by atoms with E-state index in [4.69, 9.17) is 11.6 Å². The van der Waals surface area contributed by atoms with Crippen molar-refractivity contribution in [2.75, 3.05) is 6.61 Å². The van der Waals surface area contributed by atoms with E-state index in [0.29, 0.717) is 12.0 Å². The molecule has 106 valence electrons. The van der Waals surface area contributed by atoms with Gasteiger partial charge in [-0.1, -0.05) is 24.1 Å². The molecule has 1 saturated carbocycles. The van der Waals surface area contributed by atoms with E-state index in [9.17, 15) is 5.11 Å². The van der Waals surface area contributed by atoms with Crippen molar-refractivity contribution in [2.24, 2.45) is 5.92 Å². The lowest BCUT2D eigenvalue weighted by Gasteiger charge is -2.19. The van der Waals surface area contributed by atoms with Gasteiger partial charge in [-0.15, -0.1) is 0 Å². The predicted molar refractivity (Wildman–Crippen MR) is 81.8 cm³/mol. The number of nitrogens with zero attached hydrogens (tertiary/aromatic N) is 1. The second-order valence-corrected chi connectivity index (χ2v) is 5.87. The van der Waals surface area contributed by atoms with Gasteiger partial charge in [-0.05, 0) is 42.5 Å². The Morgan fingerprint density at radius 3 is 3.05 bits per heavy atom. The van der Waals surface area contributed by atoms with Gasteiger partial charge in [0.1, 0.15) is 0 Å². The highest BCUT2D eigenvalue weighted by molar-refractivity contribution is 6.35. The van der Waals surface area contributed by atoms with Crippen molar-refractivity contribution in [3.8, 4) is 0 Å². The maximum atomic E-state index is 9.37. The zero-order chi connectivity index (χ0) is 13.9. The third-order valence-corrected chi connectivity index (χ3v) is 4.58. The van der Waals surface area contributed by atoms with Crippen LogP contribution < -0.4 is 5.32 Å². The number of aromatic nitrogens is 1. The molecule has 0 saturated heterocycles. The van der Waals surface area contributed by atoms with Crippen LogP contribution in [0.1, 0.15) is 24.8 Å². The molecule has 3 nitrogen and oxygen atoms in total. The summed E-state index contributed by atoms with van der Waals surface area (Å²) in [5, 5.41) is 14.7. The number of aliphatic hydroxyl groups excluding tert-OH is 1. The van der Waals surface area contributed by atoms with E-state index in [1.54, 1.807) is 6.20 Å². The molecule has 2 atom stereocenters. The number of halogens is 1. The summed E-state index contributed by atoms with van der Waals surface area (Å²) in [5.41, 5.74) is 2.12. The monoisotopic (exact) mass is 290 g/mol. The lowest BCUT2D eigenvalue weighted by molar-refractivity contribution is 0.205. The Hall–Kier alpha value is -1.16. The van der Waals surface area contributed by atoms with Crippen molar-refractivity contribution in [1.29, 1.82) is 0 Å². The molecule has 3 rings (SSSR count). The van der Waals surface area contributed by atoms with Gasteiger partial charge >= 0.3 is 0 Å². The third kappa shape index (κ3) is 2.66. The van der Waals surface area contributed by atoms with Gasteiger partial charge in [0.25, 0.3) is 0 Å². The molecular weight excluding hydrogens is 272 g/mol. The largest absolute Gasteiger partial charge is 0.396 e. The van der Waals surface area contributed by atoms with Crippen LogP contribution in [0.15, 0.2) is 30.5 Å². The van der Waals surface area contributed by atoms with Crippen molar-refractivity contribution >= 4 is 22.5 Å². The van der Waals surface area contributed by atoms with Crippen LogP contribution in [0.5, 0.6) is 0 Å². The highest BCUT2D eigenvalue weighted by atomic mass is 35.5. The Balaban J connectivity index is 1.79. The zero-order valence-corrected chi connectivity index (χ0v) is 12.1. The Morgan fingerprint density at radius 1 is 1.30 bits per heavy atom. The van der Waals surface area contributed by atoms with Crippen LogP contribution in [0, 0.1) is 5.92 Å². The number of aliphatic hydroxyl groups is 1. The van der Waals surface area contributed by atoms with Gasteiger partial charge in [-0.3, -0.25) is 4.98 Å². The molecule has 4 heteroatoms. The van der Waals surface area contributed by atoms with E-state index in [1.807, 2.05) is 24.3 Å². The average molecular weight is 291 g/mol. The molecule has 0 spiro atoms. The lowest BCUT2D eigenvalue weighted by Crippen LogP contribution is -2.33. The van der Waals surface area contributed by atoms with E-state index < -0.39 is 0 Å². The van der Waals surface area contributed by atoms with Gasteiger partial charge in [0, 0.05) is 35.8 Å². The van der Waals surface area contributed by atoms with Crippen LogP contribution in [0.2, 0.25) is 5.02 Å². The normalized spacial score (nSPS) is 22.5. The van der Waals surface area contributed by atoms with Crippen LogP contribution >= 0.6 is 11.6 Å². The van der Waals surface area contributed by atoms with E-state index in [0.717, 1.165) is 40.9 Å². The molecule has 0 radical (unpaired) electrons. The van der Waals surface area contributed by atoms with E-state index >= 15 is 0 Å². The van der Waals surface area contributed by atoms with Crippen LogP contribution in [-0.2, 0) is 6.54 Å². The fourth-order valence-corrected chi connectivity index (χ4v) is 3.32. The molecule has 0 amide bonds. The number of rotatable bonds is 4. The summed E-state index contributed by atoms with van der Waals surface area (Å²) in [5.74, 6) is 0.390. The lowest BCUT2D eigenvalue weighted by atomic mass is 10.0. The van der Waals surface area contributed by atoms with Gasteiger partial charge in [0.2, 0.25) is 0 Å². The highest BCUT2D eigenvalue weighted by Crippen LogP contribution is 2.27. The minimum absolute atomic E-state index is 0.275. The highest BCUT2D eigenvalue weighted by Gasteiger charge is 2.26. The number of fused-ring (bicyclic) bond motifs is 1. The Morgan fingerprint density at radius 2 is 2.20 bits per heavy atom. The smallest absolute Gasteiger partial charge is 0.0761 e. The quantitative estimate of drug-likeness (QED) is 0.909. The van der Waals surface area contributed by atoms with Gasteiger partial charge in [0.15, 0.2) is 0 Å². The molecule has 1 aliphatic carbocycles. The van der Waals surface area contributed by atoms with Crippen molar-refractivity contribution < 1.29 is 5.11 Å². The number of hydrogen-bond acceptors (Lipinski definition) is 3. The molecule has 1 aliphatic rings. The summed E-state index contributed by atoms with van der Waals surface area (Å²) in [6, 6.07) is 8.29. The minimum Gasteiger partial charge on any atom is -0.396 e. The van der Waals surface area contributed by atoms with Gasteiger partial charge in [-0.2, -0.15) is 0 Å². The molecule has 20 heavy (non-hydrogen) atoms. The van der Waals surface area contributed by atoms with Gasteiger partial charge in [-0.25, -0.2) is 0 Å². The number of nitrogens with one attached hydrogen (secondary N) is 1. The Bertz CT molecular complexity index is 602. The summed E-state index contributed by atoms with van der Waals surface area (Å²) in [7, 11) is 0. The molecule has 0 bridgehead atoms. The summed E-state index contributed by atoms with van der Waals surface area (Å²) in [6.07, 6.45) is 5.26. The molecule has 2 unspecified atom stereocenters. The summed E-state index contributed by atoms with van der Waals surface area (Å²) >= 11 is 6.21. The van der Waals surface area contributed by atoms with E-state index in [2.05, 4.69) is 10.3 Å². The van der Waals surface area contributed by atoms with E-state index in [-0.39, 0.29) is 6.61 Å². The number of pyridine rings is 1. The predicted octanol–water partition coefficient (Wildman–Crippen LogP) is 3.14. The second-order valence-electron chi connectivity index (χ2n) is 5.47.